The first-order valence-corrected chi connectivity index (χ1v) is 11.3. The zero-order valence-corrected chi connectivity index (χ0v) is 18.5. The molecule has 0 radical (unpaired) electrons. The number of nitrogens with one attached hydrogen (secondary N) is 1. The van der Waals surface area contributed by atoms with E-state index >= 15 is 0 Å². The third kappa shape index (κ3) is 4.47. The number of rotatable bonds is 7. The van der Waals surface area contributed by atoms with Gasteiger partial charge < -0.3 is 10.1 Å². The minimum absolute atomic E-state index is 0.00132. The van der Waals surface area contributed by atoms with Crippen LogP contribution in [0.3, 0.4) is 0 Å². The lowest BCUT2D eigenvalue weighted by Gasteiger charge is -2.35. The van der Waals surface area contributed by atoms with E-state index in [4.69, 9.17) is 9.73 Å². The van der Waals surface area contributed by atoms with Gasteiger partial charge in [-0.05, 0) is 50.1 Å². The quantitative estimate of drug-likeness (QED) is 0.607. The SMILES string of the molecule is CCOC1C=CC(c2nnc([C@H]3C[C@H](NC(=O)c4ccccn4)C3)n2-c2ccccc2)=NC1. The molecule has 1 saturated carbocycles. The van der Waals surface area contributed by atoms with Crippen LogP contribution in [0.5, 0.6) is 0 Å². The maximum Gasteiger partial charge on any atom is 0.270 e. The Morgan fingerprint density at radius 1 is 1.12 bits per heavy atom. The molecule has 1 aliphatic carbocycles. The summed E-state index contributed by atoms with van der Waals surface area (Å²) in [5.74, 6) is 1.67. The van der Waals surface area contributed by atoms with Crippen LogP contribution in [0.15, 0.2) is 71.9 Å². The maximum atomic E-state index is 12.4. The minimum atomic E-state index is -0.144. The predicted molar refractivity (Wildman–Crippen MR) is 125 cm³/mol. The van der Waals surface area contributed by atoms with Crippen molar-refractivity contribution in [2.45, 2.75) is 37.8 Å². The molecule has 168 valence electrons. The van der Waals surface area contributed by atoms with Crippen LogP contribution >= 0.6 is 0 Å². The topological polar surface area (TPSA) is 94.3 Å². The molecule has 1 aliphatic heterocycles. The van der Waals surface area contributed by atoms with E-state index in [1.807, 2.05) is 55.5 Å². The summed E-state index contributed by atoms with van der Waals surface area (Å²) in [6, 6.07) is 15.5. The van der Waals surface area contributed by atoms with Crippen LogP contribution in [0, 0.1) is 0 Å². The summed E-state index contributed by atoms with van der Waals surface area (Å²) in [5.41, 5.74) is 2.23. The van der Waals surface area contributed by atoms with Crippen molar-refractivity contribution in [3.63, 3.8) is 0 Å². The standard InChI is InChI=1S/C25H26N6O2/c1-2-33-20-11-12-21(27-16-20)24-30-29-23(31(24)19-8-4-3-5-9-19)17-14-18(15-17)28-25(32)22-10-6-7-13-26-22/h3-13,17-18,20H,2,14-16H2,1H3,(H,28,32)/t17-,18-,20?. The van der Waals surface area contributed by atoms with Crippen LogP contribution in [-0.4, -0.2) is 56.7 Å². The second-order valence-corrected chi connectivity index (χ2v) is 8.19. The van der Waals surface area contributed by atoms with Crippen molar-refractivity contribution in [2.24, 2.45) is 4.99 Å². The van der Waals surface area contributed by atoms with E-state index in [2.05, 4.69) is 25.1 Å². The number of hydrogen-bond acceptors (Lipinski definition) is 6. The Morgan fingerprint density at radius 2 is 1.94 bits per heavy atom. The van der Waals surface area contributed by atoms with Gasteiger partial charge in [-0.25, -0.2) is 0 Å². The van der Waals surface area contributed by atoms with Gasteiger partial charge in [0.15, 0.2) is 5.82 Å². The maximum absolute atomic E-state index is 12.4. The molecule has 33 heavy (non-hydrogen) atoms. The number of amides is 1. The molecule has 2 aromatic heterocycles. The number of para-hydroxylation sites is 1. The average molecular weight is 443 g/mol. The Hall–Kier alpha value is -3.65. The number of ether oxygens (including phenoxy) is 1. The van der Waals surface area contributed by atoms with E-state index in [1.54, 1.807) is 18.3 Å². The van der Waals surface area contributed by atoms with Crippen molar-refractivity contribution >= 4 is 11.6 Å². The summed E-state index contributed by atoms with van der Waals surface area (Å²) in [4.78, 5) is 21.3. The highest BCUT2D eigenvalue weighted by atomic mass is 16.5. The first-order valence-electron chi connectivity index (χ1n) is 11.3. The third-order valence-corrected chi connectivity index (χ3v) is 5.96. The van der Waals surface area contributed by atoms with Gasteiger partial charge in [-0.1, -0.05) is 30.3 Å². The first-order chi connectivity index (χ1) is 16.2. The van der Waals surface area contributed by atoms with Crippen LogP contribution in [0.1, 0.15) is 47.8 Å². The highest BCUT2D eigenvalue weighted by Crippen LogP contribution is 2.37. The van der Waals surface area contributed by atoms with E-state index in [9.17, 15) is 4.79 Å². The second-order valence-electron chi connectivity index (χ2n) is 8.19. The number of aromatic nitrogens is 4. The monoisotopic (exact) mass is 442 g/mol. The largest absolute Gasteiger partial charge is 0.372 e. The van der Waals surface area contributed by atoms with Crippen LogP contribution in [0.25, 0.3) is 5.69 Å². The predicted octanol–water partition coefficient (Wildman–Crippen LogP) is 3.10. The van der Waals surface area contributed by atoms with Crippen molar-refractivity contribution in [1.29, 1.82) is 0 Å². The molecule has 0 bridgehead atoms. The van der Waals surface area contributed by atoms with Gasteiger partial charge in [0.2, 0.25) is 0 Å². The third-order valence-electron chi connectivity index (χ3n) is 5.96. The number of nitrogens with zero attached hydrogens (tertiary/aromatic N) is 5. The number of carbonyl (C=O) groups is 1. The normalized spacial score (nSPS) is 21.8. The first kappa shape index (κ1) is 21.2. The van der Waals surface area contributed by atoms with E-state index in [1.165, 1.54) is 0 Å². The van der Waals surface area contributed by atoms with Gasteiger partial charge in [0.1, 0.15) is 17.2 Å². The average Bonchev–Trinajstić information content (AvgIpc) is 3.27. The summed E-state index contributed by atoms with van der Waals surface area (Å²) in [5, 5.41) is 12.1. The van der Waals surface area contributed by atoms with Gasteiger partial charge in [0, 0.05) is 30.5 Å². The van der Waals surface area contributed by atoms with Gasteiger partial charge in [0.25, 0.3) is 5.91 Å². The fraction of sp³-hybridized carbons (Fsp3) is 0.320. The van der Waals surface area contributed by atoms with E-state index in [-0.39, 0.29) is 24.0 Å². The van der Waals surface area contributed by atoms with Crippen LogP contribution in [0.4, 0.5) is 0 Å². The van der Waals surface area contributed by atoms with E-state index in [0.29, 0.717) is 18.8 Å². The van der Waals surface area contributed by atoms with Crippen molar-refractivity contribution in [2.75, 3.05) is 13.2 Å². The fourth-order valence-electron chi connectivity index (χ4n) is 4.23. The van der Waals surface area contributed by atoms with Gasteiger partial charge in [-0.2, -0.15) is 0 Å². The lowest BCUT2D eigenvalue weighted by molar-refractivity contribution is 0.0902. The summed E-state index contributed by atoms with van der Waals surface area (Å²) < 4.78 is 7.74. The zero-order chi connectivity index (χ0) is 22.6. The Kier molecular flexibility index (Phi) is 6.08. The van der Waals surface area contributed by atoms with Gasteiger partial charge >= 0.3 is 0 Å². The van der Waals surface area contributed by atoms with E-state index in [0.717, 1.165) is 35.9 Å². The van der Waals surface area contributed by atoms with Crippen LogP contribution in [0.2, 0.25) is 0 Å². The van der Waals surface area contributed by atoms with Crippen molar-refractivity contribution < 1.29 is 9.53 Å². The number of carbonyl (C=O) groups excluding carboxylic acids is 1. The minimum Gasteiger partial charge on any atom is -0.372 e. The highest BCUT2D eigenvalue weighted by Gasteiger charge is 2.36. The molecule has 0 saturated heterocycles. The lowest BCUT2D eigenvalue weighted by Crippen LogP contribution is -2.44. The Labute approximate surface area is 192 Å². The Morgan fingerprint density at radius 3 is 2.64 bits per heavy atom. The molecular formula is C25H26N6O2. The number of benzene rings is 1. The Bertz CT molecular complexity index is 1170. The smallest absolute Gasteiger partial charge is 0.270 e. The molecule has 8 heteroatoms. The summed E-state index contributed by atoms with van der Waals surface area (Å²) in [6.07, 6.45) is 7.23. The molecule has 1 amide bonds. The molecule has 1 atom stereocenters. The number of allylic oxidation sites excluding steroid dienone is 1. The van der Waals surface area contributed by atoms with Gasteiger partial charge in [-0.15, -0.1) is 10.2 Å². The van der Waals surface area contributed by atoms with Crippen molar-refractivity contribution in [3.8, 4) is 5.69 Å². The molecule has 0 spiro atoms. The fourth-order valence-corrected chi connectivity index (χ4v) is 4.23. The summed E-state index contributed by atoms with van der Waals surface area (Å²) in [7, 11) is 0. The Balaban J connectivity index is 1.35. The summed E-state index contributed by atoms with van der Waals surface area (Å²) >= 11 is 0. The second kappa shape index (κ2) is 9.46. The van der Waals surface area contributed by atoms with Gasteiger partial charge in [-0.3, -0.25) is 19.3 Å². The van der Waals surface area contributed by atoms with Crippen molar-refractivity contribution in [3.05, 3.63) is 84.2 Å². The number of aliphatic imine (C=N–C) groups is 1. The highest BCUT2D eigenvalue weighted by molar-refractivity contribution is 6.07. The van der Waals surface area contributed by atoms with Crippen LogP contribution < -0.4 is 5.32 Å². The molecular weight excluding hydrogens is 416 g/mol. The zero-order valence-electron chi connectivity index (χ0n) is 18.5. The molecule has 8 nitrogen and oxygen atoms in total. The number of hydrogen-bond donors (Lipinski definition) is 1. The molecule has 1 N–H and O–H groups in total. The molecule has 3 aromatic rings. The molecule has 1 fully saturated rings. The molecule has 1 aromatic carbocycles. The number of dihydropyridines is 1. The molecule has 2 aliphatic rings. The lowest BCUT2D eigenvalue weighted by atomic mass is 9.79. The summed E-state index contributed by atoms with van der Waals surface area (Å²) in [6.45, 7) is 3.21. The van der Waals surface area contributed by atoms with E-state index < -0.39 is 0 Å². The molecule has 1 unspecified atom stereocenters. The molecule has 3 heterocycles. The number of pyridine rings is 1. The van der Waals surface area contributed by atoms with Crippen molar-refractivity contribution in [1.82, 2.24) is 25.1 Å². The van der Waals surface area contributed by atoms with Gasteiger partial charge in [0.05, 0.1) is 12.6 Å². The molecule has 5 rings (SSSR count). The van der Waals surface area contributed by atoms with Crippen LogP contribution in [-0.2, 0) is 4.74 Å².